The van der Waals surface area contributed by atoms with Crippen molar-refractivity contribution >= 4 is 11.9 Å². The summed E-state index contributed by atoms with van der Waals surface area (Å²) in [5.41, 5.74) is 2.16. The van der Waals surface area contributed by atoms with Crippen LogP contribution >= 0.6 is 0 Å². The average Bonchev–Trinajstić information content (AvgIpc) is 2.75. The fourth-order valence-electron chi connectivity index (χ4n) is 3.97. The van der Waals surface area contributed by atoms with Gasteiger partial charge in [0.25, 0.3) is 5.91 Å². The summed E-state index contributed by atoms with van der Waals surface area (Å²) in [6, 6.07) is 17.9. The molecule has 1 aliphatic carbocycles. The Bertz CT molecular complexity index is 836. The van der Waals surface area contributed by atoms with Gasteiger partial charge < -0.3 is 14.8 Å². The van der Waals surface area contributed by atoms with Crippen molar-refractivity contribution in [1.82, 2.24) is 5.32 Å². The lowest BCUT2D eigenvalue weighted by Crippen LogP contribution is -2.45. The average molecular weight is 410 g/mol. The Morgan fingerprint density at radius 2 is 1.70 bits per heavy atom. The van der Waals surface area contributed by atoms with Crippen molar-refractivity contribution in [3.8, 4) is 5.75 Å². The predicted octanol–water partition coefficient (Wildman–Crippen LogP) is 4.14. The molecule has 2 aromatic rings. The van der Waals surface area contributed by atoms with Crippen LogP contribution in [0.2, 0.25) is 0 Å². The van der Waals surface area contributed by atoms with Crippen LogP contribution in [0.5, 0.6) is 5.75 Å². The first-order chi connectivity index (χ1) is 14.5. The molecule has 1 fully saturated rings. The van der Waals surface area contributed by atoms with Crippen LogP contribution in [0.1, 0.15) is 44.2 Å². The molecule has 160 valence electrons. The number of rotatable bonds is 8. The maximum absolute atomic E-state index is 12.2. The van der Waals surface area contributed by atoms with E-state index in [1.165, 1.54) is 12.0 Å². The van der Waals surface area contributed by atoms with E-state index in [2.05, 4.69) is 31.3 Å². The topological polar surface area (TPSA) is 64.6 Å². The molecule has 0 saturated heterocycles. The highest BCUT2D eigenvalue weighted by Crippen LogP contribution is 2.29. The molecule has 1 aliphatic rings. The van der Waals surface area contributed by atoms with E-state index in [9.17, 15) is 9.59 Å². The van der Waals surface area contributed by atoms with E-state index in [0.29, 0.717) is 24.0 Å². The second-order valence-electron chi connectivity index (χ2n) is 8.16. The van der Waals surface area contributed by atoms with Crippen molar-refractivity contribution in [1.29, 1.82) is 0 Å². The molecule has 0 radical (unpaired) electrons. The second-order valence-corrected chi connectivity index (χ2v) is 8.16. The molecule has 0 aliphatic heterocycles. The number of nitrogens with one attached hydrogen (secondary N) is 1. The van der Waals surface area contributed by atoms with Gasteiger partial charge in [-0.3, -0.25) is 4.79 Å². The third kappa shape index (κ3) is 6.34. The molecular weight excluding hydrogens is 378 g/mol. The van der Waals surface area contributed by atoms with E-state index in [1.54, 1.807) is 0 Å². The largest absolute Gasteiger partial charge is 0.482 e. The molecule has 0 bridgehead atoms. The third-order valence-electron chi connectivity index (χ3n) is 5.97. The lowest BCUT2D eigenvalue weighted by atomic mass is 9.78. The summed E-state index contributed by atoms with van der Waals surface area (Å²) in [4.78, 5) is 24.2. The van der Waals surface area contributed by atoms with Gasteiger partial charge in [0.2, 0.25) is 0 Å². The van der Waals surface area contributed by atoms with Crippen molar-refractivity contribution in [2.45, 2.75) is 45.6 Å². The summed E-state index contributed by atoms with van der Waals surface area (Å²) in [6.07, 6.45) is 4.01. The lowest BCUT2D eigenvalue weighted by Gasteiger charge is -2.34. The monoisotopic (exact) mass is 409 g/mol. The summed E-state index contributed by atoms with van der Waals surface area (Å²) in [5.74, 6) is 0.870. The van der Waals surface area contributed by atoms with Gasteiger partial charge in [-0.2, -0.15) is 0 Å². The Hall–Kier alpha value is -2.82. The molecule has 1 amide bonds. The Labute approximate surface area is 178 Å². The fraction of sp³-hybridized carbons (Fsp3) is 0.440. The molecule has 30 heavy (non-hydrogen) atoms. The minimum atomic E-state index is -0.551. The SMILES string of the molecule is C[C@@H]1[C@H](C)CCC[C@H]1NC(=O)COC(=O)COc1ccccc1Cc1ccccc1. The first-order valence-corrected chi connectivity index (χ1v) is 10.7. The molecule has 0 unspecified atom stereocenters. The van der Waals surface area contributed by atoms with Crippen molar-refractivity contribution in [3.63, 3.8) is 0 Å². The van der Waals surface area contributed by atoms with Crippen molar-refractivity contribution < 1.29 is 19.1 Å². The van der Waals surface area contributed by atoms with E-state index in [-0.39, 0.29) is 25.2 Å². The maximum atomic E-state index is 12.2. The van der Waals surface area contributed by atoms with Crippen LogP contribution in [0, 0.1) is 11.8 Å². The summed E-state index contributed by atoms with van der Waals surface area (Å²) < 4.78 is 10.8. The van der Waals surface area contributed by atoms with Crippen molar-refractivity contribution in [2.75, 3.05) is 13.2 Å². The molecule has 1 saturated carbocycles. The standard InChI is InChI=1S/C25H31NO4/c1-18-9-8-13-22(19(18)2)26-24(27)16-30-25(28)17-29-23-14-7-6-12-21(23)15-20-10-4-3-5-11-20/h3-7,10-12,14,18-19,22H,8-9,13,15-17H2,1-2H3,(H,26,27)/t18-,19-,22-/m1/s1. The van der Waals surface area contributed by atoms with Crippen LogP contribution in [0.3, 0.4) is 0 Å². The smallest absolute Gasteiger partial charge is 0.344 e. The minimum Gasteiger partial charge on any atom is -0.482 e. The summed E-state index contributed by atoms with van der Waals surface area (Å²) in [5, 5.41) is 3.01. The number of benzene rings is 2. The molecule has 0 heterocycles. The van der Waals surface area contributed by atoms with Gasteiger partial charge in [-0.05, 0) is 35.4 Å². The number of amides is 1. The molecule has 5 nitrogen and oxygen atoms in total. The van der Waals surface area contributed by atoms with Crippen LogP contribution in [0.4, 0.5) is 0 Å². The van der Waals surface area contributed by atoms with Crippen LogP contribution in [0.15, 0.2) is 54.6 Å². The molecule has 0 spiro atoms. The molecule has 3 atom stereocenters. The molecule has 3 rings (SSSR count). The predicted molar refractivity (Wildman–Crippen MR) is 116 cm³/mol. The molecule has 1 N–H and O–H groups in total. The first kappa shape index (κ1) is 21.9. The van der Waals surface area contributed by atoms with E-state index >= 15 is 0 Å². The van der Waals surface area contributed by atoms with Gasteiger partial charge in [0.15, 0.2) is 13.2 Å². The number of carbonyl (C=O) groups excluding carboxylic acids is 2. The fourth-order valence-corrected chi connectivity index (χ4v) is 3.97. The second kappa shape index (κ2) is 10.8. The van der Waals surface area contributed by atoms with Gasteiger partial charge in [-0.25, -0.2) is 4.79 Å². The maximum Gasteiger partial charge on any atom is 0.344 e. The number of carbonyl (C=O) groups is 2. The van der Waals surface area contributed by atoms with E-state index in [0.717, 1.165) is 18.4 Å². The van der Waals surface area contributed by atoms with Gasteiger partial charge in [-0.1, -0.05) is 75.2 Å². The third-order valence-corrected chi connectivity index (χ3v) is 5.97. The zero-order chi connectivity index (χ0) is 21.3. The minimum absolute atomic E-state index is 0.154. The Kier molecular flexibility index (Phi) is 7.89. The zero-order valence-electron chi connectivity index (χ0n) is 17.8. The number of ether oxygens (including phenoxy) is 2. The Morgan fingerprint density at radius 3 is 2.50 bits per heavy atom. The van der Waals surface area contributed by atoms with Crippen LogP contribution in [-0.2, 0) is 20.7 Å². The number of para-hydroxylation sites is 1. The van der Waals surface area contributed by atoms with Crippen molar-refractivity contribution in [3.05, 3.63) is 65.7 Å². The van der Waals surface area contributed by atoms with Gasteiger partial charge in [0.1, 0.15) is 5.75 Å². The first-order valence-electron chi connectivity index (χ1n) is 10.7. The highest BCUT2D eigenvalue weighted by atomic mass is 16.6. The van der Waals surface area contributed by atoms with Crippen LogP contribution in [0.25, 0.3) is 0 Å². The number of esters is 1. The number of hydrogen-bond donors (Lipinski definition) is 1. The Balaban J connectivity index is 1.44. The molecule has 0 aromatic heterocycles. The van der Waals surface area contributed by atoms with Crippen LogP contribution < -0.4 is 10.1 Å². The van der Waals surface area contributed by atoms with Gasteiger partial charge >= 0.3 is 5.97 Å². The molecular formula is C25H31NO4. The van der Waals surface area contributed by atoms with Gasteiger partial charge in [0.05, 0.1) is 0 Å². The lowest BCUT2D eigenvalue weighted by molar-refractivity contribution is -0.150. The quantitative estimate of drug-likeness (QED) is 0.666. The van der Waals surface area contributed by atoms with E-state index in [4.69, 9.17) is 9.47 Å². The van der Waals surface area contributed by atoms with E-state index < -0.39 is 5.97 Å². The van der Waals surface area contributed by atoms with E-state index in [1.807, 2.05) is 42.5 Å². The highest BCUT2D eigenvalue weighted by Gasteiger charge is 2.28. The van der Waals surface area contributed by atoms with Gasteiger partial charge in [-0.15, -0.1) is 0 Å². The molecule has 2 aromatic carbocycles. The van der Waals surface area contributed by atoms with Crippen LogP contribution in [-0.4, -0.2) is 31.1 Å². The summed E-state index contributed by atoms with van der Waals surface area (Å²) >= 11 is 0. The normalized spacial score (nSPS) is 20.9. The van der Waals surface area contributed by atoms with Gasteiger partial charge in [0, 0.05) is 12.5 Å². The summed E-state index contributed by atoms with van der Waals surface area (Å²) in [7, 11) is 0. The Morgan fingerprint density at radius 1 is 0.967 bits per heavy atom. The van der Waals surface area contributed by atoms with Crippen molar-refractivity contribution in [2.24, 2.45) is 11.8 Å². The molecule has 5 heteroatoms. The number of hydrogen-bond acceptors (Lipinski definition) is 4. The highest BCUT2D eigenvalue weighted by molar-refractivity contribution is 5.81. The zero-order valence-corrected chi connectivity index (χ0v) is 17.8. The summed E-state index contributed by atoms with van der Waals surface area (Å²) in [6.45, 7) is 3.89.